The largest absolute Gasteiger partial charge is 0.383 e. The normalized spacial score (nSPS) is 14.6. The van der Waals surface area contributed by atoms with Crippen LogP contribution in [0.25, 0.3) is 0 Å². The number of carbonyl (C=O) groups is 1. The third-order valence-corrected chi connectivity index (χ3v) is 3.12. The van der Waals surface area contributed by atoms with Crippen LogP contribution in [0.1, 0.15) is 34.8 Å². The average Bonchev–Trinajstić information content (AvgIpc) is 3.20. The molecule has 1 aliphatic carbocycles. The number of nitrogens with zero attached hydrogens (tertiary/aromatic N) is 1. The lowest BCUT2D eigenvalue weighted by atomic mass is 10.2. The molecule has 1 fully saturated rings. The molecule has 0 radical (unpaired) electrons. The maximum atomic E-state index is 12.0. The summed E-state index contributed by atoms with van der Waals surface area (Å²) in [5.41, 5.74) is 5.93. The van der Waals surface area contributed by atoms with E-state index < -0.39 is 5.91 Å². The van der Waals surface area contributed by atoms with Crippen LogP contribution in [0.2, 0.25) is 0 Å². The van der Waals surface area contributed by atoms with Crippen molar-refractivity contribution in [2.45, 2.75) is 25.4 Å². The van der Waals surface area contributed by atoms with Crippen molar-refractivity contribution in [1.29, 1.82) is 0 Å². The minimum Gasteiger partial charge on any atom is -0.383 e. The molecule has 1 saturated carbocycles. The lowest BCUT2D eigenvalue weighted by Gasteiger charge is -2.10. The summed E-state index contributed by atoms with van der Waals surface area (Å²) >= 11 is 0. The van der Waals surface area contributed by atoms with Gasteiger partial charge in [0.15, 0.2) is 0 Å². The third-order valence-electron chi connectivity index (χ3n) is 3.12. The van der Waals surface area contributed by atoms with Gasteiger partial charge in [-0.05, 0) is 24.5 Å². The fourth-order valence-electron chi connectivity index (χ4n) is 1.96. The zero-order valence-corrected chi connectivity index (χ0v) is 11.0. The molecule has 0 bridgehead atoms. The topological polar surface area (TPSA) is 86.3 Å². The van der Waals surface area contributed by atoms with Gasteiger partial charge in [-0.1, -0.05) is 0 Å². The molecule has 6 heteroatoms. The Balaban J connectivity index is 2.18. The maximum absolute atomic E-state index is 12.0. The lowest BCUT2D eigenvalue weighted by molar-refractivity contribution is 0.0998. The van der Waals surface area contributed by atoms with Crippen molar-refractivity contribution < 1.29 is 9.53 Å². The Kier molecular flexibility index (Phi) is 4.34. The number of aromatic nitrogens is 1. The van der Waals surface area contributed by atoms with Crippen molar-refractivity contribution in [1.82, 2.24) is 9.88 Å². The lowest BCUT2D eigenvalue weighted by Crippen LogP contribution is -2.30. The molecule has 2 rings (SSSR count). The third kappa shape index (κ3) is 3.42. The number of methoxy groups -OCH3 is 1. The quantitative estimate of drug-likeness (QED) is 0.680. The van der Waals surface area contributed by atoms with Gasteiger partial charge in [0, 0.05) is 32.4 Å². The molecule has 0 spiro atoms. The summed E-state index contributed by atoms with van der Waals surface area (Å²) < 4.78 is 6.57. The highest BCUT2D eigenvalue weighted by Gasteiger charge is 2.26. The molecule has 0 atom stereocenters. The van der Waals surface area contributed by atoms with Crippen LogP contribution in [0.4, 0.5) is 0 Å². The average molecular weight is 265 g/mol. The van der Waals surface area contributed by atoms with Crippen molar-refractivity contribution in [2.24, 2.45) is 5.73 Å². The highest BCUT2D eigenvalue weighted by atomic mass is 16.5. The number of hydrogen-bond donors (Lipinski definition) is 2. The smallest absolute Gasteiger partial charge is 0.263 e. The first-order valence-corrected chi connectivity index (χ1v) is 6.38. The number of primary amides is 1. The first-order valence-electron chi connectivity index (χ1n) is 6.38. The van der Waals surface area contributed by atoms with E-state index in [-0.39, 0.29) is 17.2 Å². The van der Waals surface area contributed by atoms with E-state index in [0.717, 1.165) is 18.4 Å². The number of ether oxygens (including phenoxy) is 1. The molecule has 0 aromatic carbocycles. The zero-order chi connectivity index (χ0) is 13.8. The SMILES string of the molecule is COCCNCc1cc(C(N)=O)c(=O)n(C2CC2)c1. The molecule has 1 aliphatic rings. The highest BCUT2D eigenvalue weighted by molar-refractivity contribution is 5.92. The van der Waals surface area contributed by atoms with Crippen molar-refractivity contribution in [3.63, 3.8) is 0 Å². The Morgan fingerprint density at radius 1 is 1.58 bits per heavy atom. The van der Waals surface area contributed by atoms with Crippen molar-refractivity contribution >= 4 is 5.91 Å². The first-order chi connectivity index (χ1) is 9.13. The van der Waals surface area contributed by atoms with Crippen LogP contribution in [-0.4, -0.2) is 30.7 Å². The second-order valence-electron chi connectivity index (χ2n) is 4.74. The summed E-state index contributed by atoms with van der Waals surface area (Å²) in [6.07, 6.45) is 3.78. The van der Waals surface area contributed by atoms with Gasteiger partial charge in [-0.25, -0.2) is 0 Å². The number of nitrogens with two attached hydrogens (primary N) is 1. The summed E-state index contributed by atoms with van der Waals surface area (Å²) in [5, 5.41) is 3.18. The van der Waals surface area contributed by atoms with Crippen molar-refractivity contribution in [2.75, 3.05) is 20.3 Å². The van der Waals surface area contributed by atoms with Crippen LogP contribution in [0.5, 0.6) is 0 Å². The Morgan fingerprint density at radius 3 is 2.89 bits per heavy atom. The second kappa shape index (κ2) is 5.99. The summed E-state index contributed by atoms with van der Waals surface area (Å²) in [5.74, 6) is -0.668. The molecule has 1 aromatic rings. The van der Waals surface area contributed by atoms with Crippen LogP contribution in [0.3, 0.4) is 0 Å². The number of rotatable bonds is 7. The molecule has 1 heterocycles. The number of hydrogen-bond acceptors (Lipinski definition) is 4. The van der Waals surface area contributed by atoms with Crippen LogP contribution < -0.4 is 16.6 Å². The Bertz CT molecular complexity index is 520. The molecular weight excluding hydrogens is 246 g/mol. The minimum absolute atomic E-state index is 0.0675. The Morgan fingerprint density at radius 2 is 2.32 bits per heavy atom. The van der Waals surface area contributed by atoms with Gasteiger partial charge >= 0.3 is 0 Å². The van der Waals surface area contributed by atoms with Gasteiger partial charge in [-0.15, -0.1) is 0 Å². The predicted octanol–water partition coefficient (Wildman–Crippen LogP) is 0.0181. The maximum Gasteiger partial charge on any atom is 0.263 e. The number of nitrogens with one attached hydrogen (secondary N) is 1. The van der Waals surface area contributed by atoms with Gasteiger partial charge < -0.3 is 20.4 Å². The standard InChI is InChI=1S/C13H19N3O3/c1-19-5-4-15-7-9-6-11(12(14)17)13(18)16(8-9)10-2-3-10/h6,8,10,15H,2-5,7H2,1H3,(H2,14,17). The van der Waals surface area contributed by atoms with Gasteiger partial charge in [-0.2, -0.15) is 0 Å². The molecule has 0 unspecified atom stereocenters. The molecule has 1 amide bonds. The number of pyridine rings is 1. The molecular formula is C13H19N3O3. The van der Waals surface area contributed by atoms with Crippen LogP contribution >= 0.6 is 0 Å². The van der Waals surface area contributed by atoms with E-state index in [1.807, 2.05) is 6.20 Å². The number of carbonyl (C=O) groups excluding carboxylic acids is 1. The van der Waals surface area contributed by atoms with Gasteiger partial charge in [0.2, 0.25) is 0 Å². The van der Waals surface area contributed by atoms with E-state index in [2.05, 4.69) is 5.32 Å². The van der Waals surface area contributed by atoms with E-state index in [0.29, 0.717) is 19.7 Å². The van der Waals surface area contributed by atoms with E-state index in [1.54, 1.807) is 17.7 Å². The van der Waals surface area contributed by atoms with Gasteiger partial charge in [0.1, 0.15) is 5.56 Å². The predicted molar refractivity (Wildman–Crippen MR) is 71.1 cm³/mol. The molecule has 0 saturated heterocycles. The van der Waals surface area contributed by atoms with Crippen molar-refractivity contribution in [3.05, 3.63) is 33.7 Å². The molecule has 104 valence electrons. The summed E-state index contributed by atoms with van der Waals surface area (Å²) in [6, 6.07) is 1.80. The summed E-state index contributed by atoms with van der Waals surface area (Å²) in [6.45, 7) is 1.91. The Labute approximate surface area is 111 Å². The van der Waals surface area contributed by atoms with Crippen LogP contribution in [0.15, 0.2) is 17.1 Å². The van der Waals surface area contributed by atoms with E-state index >= 15 is 0 Å². The van der Waals surface area contributed by atoms with Gasteiger partial charge in [0.05, 0.1) is 6.61 Å². The first kappa shape index (κ1) is 13.8. The molecule has 3 N–H and O–H groups in total. The molecule has 1 aromatic heterocycles. The van der Waals surface area contributed by atoms with Gasteiger partial charge in [-0.3, -0.25) is 9.59 Å². The van der Waals surface area contributed by atoms with Crippen molar-refractivity contribution in [3.8, 4) is 0 Å². The van der Waals surface area contributed by atoms with E-state index in [4.69, 9.17) is 10.5 Å². The van der Waals surface area contributed by atoms with E-state index in [9.17, 15) is 9.59 Å². The highest BCUT2D eigenvalue weighted by Crippen LogP contribution is 2.33. The molecule has 0 aliphatic heterocycles. The zero-order valence-electron chi connectivity index (χ0n) is 11.0. The molecule has 19 heavy (non-hydrogen) atoms. The van der Waals surface area contributed by atoms with Gasteiger partial charge in [0.25, 0.3) is 11.5 Å². The van der Waals surface area contributed by atoms with Crippen LogP contribution in [-0.2, 0) is 11.3 Å². The minimum atomic E-state index is -0.668. The summed E-state index contributed by atoms with van der Waals surface area (Å²) in [4.78, 5) is 23.4. The molecule has 6 nitrogen and oxygen atoms in total. The van der Waals surface area contributed by atoms with E-state index in [1.165, 1.54) is 0 Å². The fraction of sp³-hybridized carbons (Fsp3) is 0.538. The second-order valence-corrected chi connectivity index (χ2v) is 4.74. The number of amides is 1. The Hall–Kier alpha value is -1.66. The monoisotopic (exact) mass is 265 g/mol. The fourth-order valence-corrected chi connectivity index (χ4v) is 1.96. The van der Waals surface area contributed by atoms with Crippen LogP contribution in [0, 0.1) is 0 Å². The summed E-state index contributed by atoms with van der Waals surface area (Å²) in [7, 11) is 1.64.